The van der Waals surface area contributed by atoms with Crippen molar-refractivity contribution in [1.82, 2.24) is 10.2 Å². The number of ether oxygens (including phenoxy) is 1. The number of piperidine rings is 1. The SMILES string of the molecule is C=C(C)OC(=C)C1=CCC2(C)C=CCC(N/C(=C/C)C3(C)CCN(CC(C)C)CC3)=CC2=C1.[HH]. The van der Waals surface area contributed by atoms with Crippen molar-refractivity contribution in [2.75, 3.05) is 19.6 Å². The van der Waals surface area contributed by atoms with Crippen LogP contribution in [-0.4, -0.2) is 24.5 Å². The summed E-state index contributed by atoms with van der Waals surface area (Å²) in [6.07, 6.45) is 18.0. The Morgan fingerprint density at radius 3 is 2.55 bits per heavy atom. The van der Waals surface area contributed by atoms with E-state index in [0.717, 1.165) is 24.3 Å². The molecule has 1 saturated heterocycles. The molecule has 182 valence electrons. The highest BCUT2D eigenvalue weighted by molar-refractivity contribution is 5.50. The Labute approximate surface area is 203 Å². The van der Waals surface area contributed by atoms with Crippen LogP contribution < -0.4 is 5.32 Å². The summed E-state index contributed by atoms with van der Waals surface area (Å²) in [5, 5.41) is 3.86. The van der Waals surface area contributed by atoms with Gasteiger partial charge in [0.05, 0.1) is 5.76 Å². The Hall–Kier alpha value is -2.26. The second-order valence-electron chi connectivity index (χ2n) is 11.0. The molecule has 0 amide bonds. The van der Waals surface area contributed by atoms with Gasteiger partial charge in [-0.3, -0.25) is 0 Å². The summed E-state index contributed by atoms with van der Waals surface area (Å²) in [6, 6.07) is 0. The van der Waals surface area contributed by atoms with Crippen LogP contribution in [0.1, 0.15) is 68.7 Å². The molecule has 1 unspecified atom stereocenters. The van der Waals surface area contributed by atoms with Crippen LogP contribution in [0.2, 0.25) is 0 Å². The summed E-state index contributed by atoms with van der Waals surface area (Å²) in [4.78, 5) is 2.62. The molecule has 3 heteroatoms. The predicted octanol–water partition coefficient (Wildman–Crippen LogP) is 7.65. The van der Waals surface area contributed by atoms with E-state index in [-0.39, 0.29) is 12.3 Å². The van der Waals surface area contributed by atoms with Crippen molar-refractivity contribution in [3.63, 3.8) is 0 Å². The van der Waals surface area contributed by atoms with Gasteiger partial charge in [-0.1, -0.05) is 65.2 Å². The summed E-state index contributed by atoms with van der Waals surface area (Å²) >= 11 is 0. The molecule has 0 aromatic rings. The highest BCUT2D eigenvalue weighted by Crippen LogP contribution is 2.43. The fourth-order valence-corrected chi connectivity index (χ4v) is 5.20. The molecule has 3 rings (SSSR count). The summed E-state index contributed by atoms with van der Waals surface area (Å²) < 4.78 is 5.70. The third-order valence-corrected chi connectivity index (χ3v) is 7.31. The first-order valence-corrected chi connectivity index (χ1v) is 12.5. The molecule has 1 aliphatic heterocycles. The van der Waals surface area contributed by atoms with E-state index in [0.29, 0.717) is 11.5 Å². The van der Waals surface area contributed by atoms with Crippen molar-refractivity contribution in [2.45, 2.75) is 67.2 Å². The first-order valence-electron chi connectivity index (χ1n) is 12.5. The highest BCUT2D eigenvalue weighted by Gasteiger charge is 2.34. The third-order valence-electron chi connectivity index (χ3n) is 7.31. The van der Waals surface area contributed by atoms with Crippen molar-refractivity contribution >= 4 is 0 Å². The topological polar surface area (TPSA) is 24.5 Å². The van der Waals surface area contributed by atoms with Gasteiger partial charge < -0.3 is 15.0 Å². The Morgan fingerprint density at radius 1 is 1.24 bits per heavy atom. The molecule has 0 spiro atoms. The number of hydrogen-bond acceptors (Lipinski definition) is 3. The van der Waals surface area contributed by atoms with Gasteiger partial charge in [-0.25, -0.2) is 0 Å². The van der Waals surface area contributed by atoms with E-state index in [1.807, 2.05) is 6.92 Å². The molecule has 3 aliphatic rings. The lowest BCUT2D eigenvalue weighted by atomic mass is 9.74. The van der Waals surface area contributed by atoms with E-state index in [1.54, 1.807) is 0 Å². The number of rotatable bonds is 8. The number of likely N-dealkylation sites (tertiary alicyclic amines) is 1. The first-order chi connectivity index (χ1) is 15.5. The second kappa shape index (κ2) is 10.3. The quantitative estimate of drug-likeness (QED) is 0.303. The van der Waals surface area contributed by atoms with Crippen LogP contribution in [-0.2, 0) is 4.74 Å². The third kappa shape index (κ3) is 6.20. The molecule has 3 nitrogen and oxygen atoms in total. The van der Waals surface area contributed by atoms with Crippen LogP contribution in [0.5, 0.6) is 0 Å². The average molecular weight is 451 g/mol. The monoisotopic (exact) mass is 450 g/mol. The van der Waals surface area contributed by atoms with E-state index >= 15 is 0 Å². The minimum absolute atomic E-state index is 0. The van der Waals surface area contributed by atoms with Gasteiger partial charge >= 0.3 is 0 Å². The molecular weight excluding hydrogens is 404 g/mol. The number of nitrogens with zero attached hydrogens (tertiary/aromatic N) is 1. The van der Waals surface area contributed by atoms with Gasteiger partial charge in [-0.05, 0) is 69.8 Å². The second-order valence-corrected chi connectivity index (χ2v) is 11.0. The fraction of sp³-hybridized carbons (Fsp3) is 0.533. The molecule has 1 atom stereocenters. The number of hydrogen-bond donors (Lipinski definition) is 1. The minimum atomic E-state index is -0.00138. The number of fused-ring (bicyclic) bond motifs is 1. The maximum absolute atomic E-state index is 5.70. The molecule has 0 bridgehead atoms. The van der Waals surface area contributed by atoms with Crippen molar-refractivity contribution in [3.8, 4) is 0 Å². The van der Waals surface area contributed by atoms with Gasteiger partial charge in [-0.2, -0.15) is 0 Å². The molecule has 0 saturated carbocycles. The van der Waals surface area contributed by atoms with Gasteiger partial charge in [0.15, 0.2) is 0 Å². The Balaban J connectivity index is 0.00000408. The van der Waals surface area contributed by atoms with Crippen LogP contribution in [0.4, 0.5) is 0 Å². The molecule has 33 heavy (non-hydrogen) atoms. The van der Waals surface area contributed by atoms with E-state index < -0.39 is 0 Å². The van der Waals surface area contributed by atoms with Crippen molar-refractivity contribution in [2.24, 2.45) is 16.7 Å². The standard InChI is InChI=1S/C30H44N2O.H2/c1-9-28(30(8)15-17-32(18-16-30)21-22(2)3)31-27-11-10-13-29(7)14-12-25(19-26(29)20-27)24(6)33-23(4)5;/h9-10,12-13,19-20,22,31H,4,6,11,14-18,21H2,1-3,5,7-8H3;1H/b28-9+;. The molecule has 0 radical (unpaired) electrons. The summed E-state index contributed by atoms with van der Waals surface area (Å²) in [7, 11) is 0. The zero-order valence-electron chi connectivity index (χ0n) is 21.8. The molecule has 1 heterocycles. The minimum Gasteiger partial charge on any atom is -0.463 e. The maximum Gasteiger partial charge on any atom is 0.126 e. The first kappa shape index (κ1) is 25.4. The molecule has 0 aromatic heterocycles. The molecular formula is C30H46N2O. The lowest BCUT2D eigenvalue weighted by molar-refractivity contribution is 0.128. The highest BCUT2D eigenvalue weighted by atomic mass is 16.5. The average Bonchev–Trinajstić information content (AvgIpc) is 2.90. The lowest BCUT2D eigenvalue weighted by Crippen LogP contribution is -2.43. The van der Waals surface area contributed by atoms with E-state index in [9.17, 15) is 0 Å². The molecule has 1 N–H and O–H groups in total. The summed E-state index contributed by atoms with van der Waals surface area (Å²) in [5.74, 6) is 2.06. The van der Waals surface area contributed by atoms with Crippen molar-refractivity contribution < 1.29 is 6.16 Å². The van der Waals surface area contributed by atoms with Gasteiger partial charge in [0.2, 0.25) is 0 Å². The van der Waals surface area contributed by atoms with Crippen LogP contribution in [0.25, 0.3) is 0 Å². The fourth-order valence-electron chi connectivity index (χ4n) is 5.20. The normalized spacial score (nSPS) is 25.4. The van der Waals surface area contributed by atoms with Crippen molar-refractivity contribution in [3.05, 3.63) is 83.7 Å². The van der Waals surface area contributed by atoms with Crippen molar-refractivity contribution in [1.29, 1.82) is 0 Å². The zero-order chi connectivity index (χ0) is 24.2. The van der Waals surface area contributed by atoms with Gasteiger partial charge in [0.1, 0.15) is 5.76 Å². The number of nitrogens with one attached hydrogen (secondary N) is 1. The Bertz CT molecular complexity index is 925. The Morgan fingerprint density at radius 2 is 1.94 bits per heavy atom. The number of allylic oxidation sites excluding steroid dienone is 9. The van der Waals surface area contributed by atoms with Gasteiger partial charge in [0.25, 0.3) is 0 Å². The zero-order valence-corrected chi connectivity index (χ0v) is 21.8. The molecule has 0 aromatic carbocycles. The summed E-state index contributed by atoms with van der Waals surface area (Å²) in [5.41, 5.74) is 5.16. The predicted molar refractivity (Wildman–Crippen MR) is 143 cm³/mol. The summed E-state index contributed by atoms with van der Waals surface area (Å²) in [6.45, 7) is 24.9. The van der Waals surface area contributed by atoms with E-state index in [1.165, 1.54) is 49.4 Å². The van der Waals surface area contributed by atoms with E-state index in [4.69, 9.17) is 4.74 Å². The Kier molecular flexibility index (Phi) is 7.95. The molecule has 2 aliphatic carbocycles. The van der Waals surface area contributed by atoms with Crippen LogP contribution in [0.15, 0.2) is 83.7 Å². The van der Waals surface area contributed by atoms with Crippen LogP contribution in [0.3, 0.4) is 0 Å². The maximum atomic E-state index is 5.70. The van der Waals surface area contributed by atoms with Crippen LogP contribution >= 0.6 is 0 Å². The van der Waals surface area contributed by atoms with Gasteiger partial charge in [0, 0.05) is 42.2 Å². The van der Waals surface area contributed by atoms with Crippen LogP contribution in [0, 0.1) is 16.7 Å². The van der Waals surface area contributed by atoms with E-state index in [2.05, 4.69) is 94.4 Å². The largest absolute Gasteiger partial charge is 0.463 e. The molecule has 1 fully saturated rings. The lowest BCUT2D eigenvalue weighted by Gasteiger charge is -2.42. The smallest absolute Gasteiger partial charge is 0.126 e. The van der Waals surface area contributed by atoms with Gasteiger partial charge in [-0.15, -0.1) is 0 Å².